The van der Waals surface area contributed by atoms with Crippen molar-refractivity contribution < 1.29 is 13.2 Å². The quantitative estimate of drug-likeness (QED) is 0.727. The third-order valence-corrected chi connectivity index (χ3v) is 7.68. The van der Waals surface area contributed by atoms with Gasteiger partial charge in [-0.1, -0.05) is 23.8 Å². The molecule has 1 atom stereocenters. The lowest BCUT2D eigenvalue weighted by Crippen LogP contribution is -2.47. The number of carbonyl (C=O) groups is 1. The van der Waals surface area contributed by atoms with Crippen molar-refractivity contribution in [2.75, 3.05) is 20.1 Å². The Labute approximate surface area is 173 Å². The van der Waals surface area contributed by atoms with Crippen molar-refractivity contribution in [1.29, 1.82) is 0 Å². The molecule has 1 aromatic carbocycles. The van der Waals surface area contributed by atoms with E-state index < -0.39 is 16.1 Å². The molecule has 1 aliphatic heterocycles. The summed E-state index contributed by atoms with van der Waals surface area (Å²) in [5, 5.41) is 0. The summed E-state index contributed by atoms with van der Waals surface area (Å²) in [6, 6.07) is 8.82. The van der Waals surface area contributed by atoms with Gasteiger partial charge in [-0.05, 0) is 56.9 Å². The number of sulfonamides is 1. The van der Waals surface area contributed by atoms with Gasteiger partial charge < -0.3 is 4.90 Å². The number of hydrogen-bond donors (Lipinski definition) is 0. The monoisotopic (exact) mass is 415 g/mol. The number of carbonyl (C=O) groups excluding carboxylic acids is 1. The van der Waals surface area contributed by atoms with Gasteiger partial charge in [-0.3, -0.25) is 9.78 Å². The highest BCUT2D eigenvalue weighted by Crippen LogP contribution is 2.31. The molecule has 0 aliphatic carbocycles. The lowest BCUT2D eigenvalue weighted by molar-refractivity contribution is -0.133. The molecule has 6 nitrogen and oxygen atoms in total. The highest BCUT2D eigenvalue weighted by Gasteiger charge is 2.41. The highest BCUT2D eigenvalue weighted by atomic mass is 32.2. The van der Waals surface area contributed by atoms with Crippen LogP contribution in [0.4, 0.5) is 0 Å². The minimum atomic E-state index is -3.74. The van der Waals surface area contributed by atoms with Crippen molar-refractivity contribution >= 4 is 15.9 Å². The molecule has 0 saturated carbocycles. The van der Waals surface area contributed by atoms with Crippen molar-refractivity contribution in [1.82, 2.24) is 14.2 Å². The number of aromatic nitrogens is 1. The third-order valence-electron chi connectivity index (χ3n) is 5.47. The highest BCUT2D eigenvalue weighted by molar-refractivity contribution is 7.89. The number of hydrogen-bond acceptors (Lipinski definition) is 4. The van der Waals surface area contributed by atoms with Gasteiger partial charge in [0.1, 0.15) is 6.04 Å². The van der Waals surface area contributed by atoms with Crippen LogP contribution in [0, 0.1) is 20.8 Å². The molecule has 29 heavy (non-hydrogen) atoms. The van der Waals surface area contributed by atoms with E-state index in [1.165, 1.54) is 4.31 Å². The van der Waals surface area contributed by atoms with E-state index in [1.54, 1.807) is 18.1 Å². The summed E-state index contributed by atoms with van der Waals surface area (Å²) in [5.41, 5.74) is 3.39. The third kappa shape index (κ3) is 4.51. The topological polar surface area (TPSA) is 70.6 Å². The van der Waals surface area contributed by atoms with Crippen molar-refractivity contribution in [3.8, 4) is 0 Å². The summed E-state index contributed by atoms with van der Waals surface area (Å²) in [5.74, 6) is -0.149. The second kappa shape index (κ2) is 8.63. The molecule has 1 saturated heterocycles. The molecular formula is C22H29N3O3S. The van der Waals surface area contributed by atoms with E-state index in [2.05, 4.69) is 4.98 Å². The fourth-order valence-corrected chi connectivity index (χ4v) is 6.22. The van der Waals surface area contributed by atoms with Gasteiger partial charge in [-0.25, -0.2) is 8.42 Å². The Morgan fingerprint density at radius 2 is 1.90 bits per heavy atom. The second-order valence-electron chi connectivity index (χ2n) is 7.83. The minimum Gasteiger partial charge on any atom is -0.344 e. The second-order valence-corrected chi connectivity index (χ2v) is 9.66. The molecule has 3 rings (SSSR count). The Hall–Kier alpha value is -2.25. The molecule has 1 amide bonds. The smallest absolute Gasteiger partial charge is 0.244 e. The standard InChI is InChI=1S/C22H29N3O3S/c1-16-14-17(2)21(18(3)15-16)29(27,28)25-12-7-9-20(25)22(26)24(4)13-10-19-8-5-6-11-23-19/h5-6,8,11,14-15,20H,7,9-10,12-13H2,1-4H3. The molecule has 0 bridgehead atoms. The minimum absolute atomic E-state index is 0.149. The number of nitrogens with zero attached hydrogens (tertiary/aromatic N) is 3. The Bertz CT molecular complexity index is 967. The first-order valence-corrected chi connectivity index (χ1v) is 11.4. The number of rotatable bonds is 6. The van der Waals surface area contributed by atoms with Crippen LogP contribution in [0.25, 0.3) is 0 Å². The van der Waals surface area contributed by atoms with Crippen molar-refractivity contribution in [3.63, 3.8) is 0 Å². The van der Waals surface area contributed by atoms with Crippen LogP contribution >= 0.6 is 0 Å². The fourth-order valence-electron chi connectivity index (χ4n) is 4.16. The van der Waals surface area contributed by atoms with E-state index in [0.717, 1.165) is 22.4 Å². The number of likely N-dealkylation sites (N-methyl/N-ethyl adjacent to an activating group) is 1. The summed E-state index contributed by atoms with van der Waals surface area (Å²) >= 11 is 0. The summed E-state index contributed by atoms with van der Waals surface area (Å²) in [7, 11) is -2.01. The lowest BCUT2D eigenvalue weighted by atomic mass is 10.1. The van der Waals surface area contributed by atoms with Gasteiger partial charge in [-0.15, -0.1) is 0 Å². The largest absolute Gasteiger partial charge is 0.344 e. The van der Waals surface area contributed by atoms with Gasteiger partial charge in [-0.2, -0.15) is 4.31 Å². The zero-order valence-electron chi connectivity index (χ0n) is 17.6. The normalized spacial score (nSPS) is 17.4. The van der Waals surface area contributed by atoms with E-state index in [-0.39, 0.29) is 5.91 Å². The SMILES string of the molecule is Cc1cc(C)c(S(=O)(=O)N2CCCC2C(=O)N(C)CCc2ccccn2)c(C)c1. The summed E-state index contributed by atoms with van der Waals surface area (Å²) in [4.78, 5) is 19.3. The van der Waals surface area contributed by atoms with Crippen LogP contribution in [0.2, 0.25) is 0 Å². The van der Waals surface area contributed by atoms with Crippen molar-refractivity contribution in [3.05, 3.63) is 58.9 Å². The van der Waals surface area contributed by atoms with Crippen molar-refractivity contribution in [2.45, 2.75) is 51.0 Å². The zero-order valence-corrected chi connectivity index (χ0v) is 18.4. The molecule has 2 heterocycles. The van der Waals surface area contributed by atoms with Gasteiger partial charge in [0.2, 0.25) is 15.9 Å². The Kier molecular flexibility index (Phi) is 6.39. The maximum Gasteiger partial charge on any atom is 0.244 e. The lowest BCUT2D eigenvalue weighted by Gasteiger charge is -2.28. The molecule has 1 fully saturated rings. The Morgan fingerprint density at radius 3 is 2.52 bits per heavy atom. The molecule has 0 N–H and O–H groups in total. The molecule has 0 radical (unpaired) electrons. The number of aryl methyl sites for hydroxylation is 3. The average molecular weight is 416 g/mol. The number of amides is 1. The van der Waals surface area contributed by atoms with Gasteiger partial charge >= 0.3 is 0 Å². The van der Waals surface area contributed by atoms with Crippen LogP contribution in [0.15, 0.2) is 41.4 Å². The molecule has 2 aromatic rings. The first kappa shape index (κ1) is 21.5. The maximum absolute atomic E-state index is 13.4. The van der Waals surface area contributed by atoms with Gasteiger partial charge in [0.05, 0.1) is 4.90 Å². The summed E-state index contributed by atoms with van der Waals surface area (Å²) in [6.45, 7) is 6.47. The predicted octanol–water partition coefficient (Wildman–Crippen LogP) is 2.86. The molecular weight excluding hydrogens is 386 g/mol. The molecule has 7 heteroatoms. The first-order valence-electron chi connectivity index (χ1n) is 9.96. The summed E-state index contributed by atoms with van der Waals surface area (Å²) < 4.78 is 28.3. The van der Waals surface area contributed by atoms with Crippen LogP contribution in [0.1, 0.15) is 35.2 Å². The van der Waals surface area contributed by atoms with Gasteiger partial charge in [0, 0.05) is 38.4 Å². The van der Waals surface area contributed by atoms with Crippen LogP contribution in [-0.2, 0) is 21.2 Å². The summed E-state index contributed by atoms with van der Waals surface area (Å²) in [6.07, 6.45) is 3.61. The average Bonchev–Trinajstić information content (AvgIpc) is 3.16. The fraction of sp³-hybridized carbons (Fsp3) is 0.455. The molecule has 1 aromatic heterocycles. The van der Waals surface area contributed by atoms with Crippen LogP contribution in [0.5, 0.6) is 0 Å². The Balaban J connectivity index is 1.79. The zero-order chi connectivity index (χ0) is 21.2. The van der Waals surface area contributed by atoms with E-state index in [9.17, 15) is 13.2 Å². The number of benzene rings is 1. The van der Waals surface area contributed by atoms with Gasteiger partial charge in [0.15, 0.2) is 0 Å². The first-order chi connectivity index (χ1) is 13.7. The van der Waals surface area contributed by atoms with Crippen LogP contribution < -0.4 is 0 Å². The van der Waals surface area contributed by atoms with E-state index >= 15 is 0 Å². The van der Waals surface area contributed by atoms with Gasteiger partial charge in [0.25, 0.3) is 0 Å². The van der Waals surface area contributed by atoms with E-state index in [0.29, 0.717) is 37.2 Å². The molecule has 0 spiro atoms. The van der Waals surface area contributed by atoms with E-state index in [1.807, 2.05) is 51.1 Å². The molecule has 1 unspecified atom stereocenters. The van der Waals surface area contributed by atoms with Crippen LogP contribution in [0.3, 0.4) is 0 Å². The molecule has 1 aliphatic rings. The molecule has 156 valence electrons. The maximum atomic E-state index is 13.4. The van der Waals surface area contributed by atoms with Crippen molar-refractivity contribution in [2.24, 2.45) is 0 Å². The van der Waals surface area contributed by atoms with Crippen LogP contribution in [-0.4, -0.2) is 54.7 Å². The number of pyridine rings is 1. The Morgan fingerprint density at radius 1 is 1.21 bits per heavy atom. The predicted molar refractivity (Wildman–Crippen MR) is 113 cm³/mol. The van der Waals surface area contributed by atoms with E-state index in [4.69, 9.17) is 0 Å².